The van der Waals surface area contributed by atoms with Crippen molar-refractivity contribution in [3.8, 4) is 0 Å². The Bertz CT molecular complexity index is 181. The standard InChI is InChI=1S/C9H19N3O2/c1-11(9(13)14)5-2-6-12-7-3-10-4-8-12/h10H,2-8H2,1H3,(H,13,14). The van der Waals surface area contributed by atoms with Crippen LogP contribution in [0.2, 0.25) is 0 Å². The maximum atomic E-state index is 10.5. The van der Waals surface area contributed by atoms with Gasteiger partial charge in [0, 0.05) is 39.8 Å². The van der Waals surface area contributed by atoms with Crippen LogP contribution in [0.3, 0.4) is 0 Å². The van der Waals surface area contributed by atoms with Crippen LogP contribution in [0.15, 0.2) is 0 Å². The van der Waals surface area contributed by atoms with Crippen molar-refractivity contribution in [1.29, 1.82) is 0 Å². The first kappa shape index (κ1) is 11.3. The van der Waals surface area contributed by atoms with E-state index in [1.54, 1.807) is 7.05 Å². The molecule has 0 aromatic rings. The van der Waals surface area contributed by atoms with Gasteiger partial charge in [0.15, 0.2) is 0 Å². The first-order chi connectivity index (χ1) is 6.70. The molecule has 0 aliphatic carbocycles. The number of carboxylic acid groups (broad SMARTS) is 1. The maximum Gasteiger partial charge on any atom is 0.407 e. The fraction of sp³-hybridized carbons (Fsp3) is 0.889. The molecule has 1 aliphatic rings. The molecule has 1 rings (SSSR count). The molecule has 1 heterocycles. The van der Waals surface area contributed by atoms with E-state index in [1.165, 1.54) is 4.90 Å². The second-order valence-corrected chi connectivity index (χ2v) is 3.65. The summed E-state index contributed by atoms with van der Waals surface area (Å²) in [4.78, 5) is 14.2. The Hall–Kier alpha value is -0.810. The summed E-state index contributed by atoms with van der Waals surface area (Å²) in [7, 11) is 1.61. The molecule has 0 spiro atoms. The monoisotopic (exact) mass is 201 g/mol. The number of rotatable bonds is 4. The molecule has 5 heteroatoms. The average molecular weight is 201 g/mol. The largest absolute Gasteiger partial charge is 0.465 e. The summed E-state index contributed by atoms with van der Waals surface area (Å²) in [5.74, 6) is 0. The van der Waals surface area contributed by atoms with Gasteiger partial charge in [0.1, 0.15) is 0 Å². The highest BCUT2D eigenvalue weighted by Gasteiger charge is 2.10. The van der Waals surface area contributed by atoms with Crippen LogP contribution in [0, 0.1) is 0 Å². The molecule has 0 unspecified atom stereocenters. The van der Waals surface area contributed by atoms with E-state index in [4.69, 9.17) is 5.11 Å². The van der Waals surface area contributed by atoms with Gasteiger partial charge >= 0.3 is 6.09 Å². The highest BCUT2D eigenvalue weighted by molar-refractivity contribution is 5.64. The molecule has 0 radical (unpaired) electrons. The second kappa shape index (κ2) is 5.82. The van der Waals surface area contributed by atoms with Gasteiger partial charge in [-0.2, -0.15) is 0 Å². The van der Waals surface area contributed by atoms with Gasteiger partial charge in [0.05, 0.1) is 0 Å². The van der Waals surface area contributed by atoms with Gasteiger partial charge in [-0.25, -0.2) is 4.79 Å². The maximum absolute atomic E-state index is 10.5. The molecular formula is C9H19N3O2. The van der Waals surface area contributed by atoms with E-state index in [0.717, 1.165) is 39.1 Å². The van der Waals surface area contributed by atoms with E-state index in [2.05, 4.69) is 10.2 Å². The lowest BCUT2D eigenvalue weighted by Gasteiger charge is -2.27. The van der Waals surface area contributed by atoms with Crippen LogP contribution < -0.4 is 5.32 Å². The van der Waals surface area contributed by atoms with Crippen LogP contribution in [0.1, 0.15) is 6.42 Å². The summed E-state index contributed by atoms with van der Waals surface area (Å²) in [6, 6.07) is 0. The number of nitrogens with zero attached hydrogens (tertiary/aromatic N) is 2. The smallest absolute Gasteiger partial charge is 0.407 e. The molecule has 0 saturated carbocycles. The van der Waals surface area contributed by atoms with Crippen molar-refractivity contribution in [3.05, 3.63) is 0 Å². The van der Waals surface area contributed by atoms with Crippen molar-refractivity contribution in [2.75, 3.05) is 46.3 Å². The zero-order chi connectivity index (χ0) is 10.4. The normalized spacial score (nSPS) is 18.1. The fourth-order valence-electron chi connectivity index (χ4n) is 1.56. The minimum atomic E-state index is -0.842. The lowest BCUT2D eigenvalue weighted by molar-refractivity contribution is 0.151. The zero-order valence-corrected chi connectivity index (χ0v) is 8.70. The van der Waals surface area contributed by atoms with Crippen LogP contribution in [-0.2, 0) is 0 Å². The Morgan fingerprint density at radius 2 is 2.14 bits per heavy atom. The van der Waals surface area contributed by atoms with Crippen molar-refractivity contribution in [2.24, 2.45) is 0 Å². The predicted molar refractivity (Wildman–Crippen MR) is 54.6 cm³/mol. The van der Waals surface area contributed by atoms with Gasteiger partial charge < -0.3 is 20.2 Å². The molecule has 0 aromatic heterocycles. The van der Waals surface area contributed by atoms with Crippen LogP contribution in [-0.4, -0.2) is 67.3 Å². The quantitative estimate of drug-likeness (QED) is 0.666. The third kappa shape index (κ3) is 3.93. The van der Waals surface area contributed by atoms with Crippen molar-refractivity contribution < 1.29 is 9.90 Å². The van der Waals surface area contributed by atoms with Crippen molar-refractivity contribution in [2.45, 2.75) is 6.42 Å². The van der Waals surface area contributed by atoms with Crippen molar-refractivity contribution in [3.63, 3.8) is 0 Å². The minimum absolute atomic E-state index is 0.624. The minimum Gasteiger partial charge on any atom is -0.465 e. The van der Waals surface area contributed by atoms with Crippen molar-refractivity contribution >= 4 is 6.09 Å². The number of piperazine rings is 1. The SMILES string of the molecule is CN(CCCN1CCNCC1)C(=O)O. The fourth-order valence-corrected chi connectivity index (χ4v) is 1.56. The topological polar surface area (TPSA) is 55.8 Å². The highest BCUT2D eigenvalue weighted by atomic mass is 16.4. The molecule has 1 aliphatic heterocycles. The van der Waals surface area contributed by atoms with Gasteiger partial charge in [-0.1, -0.05) is 0 Å². The molecule has 0 aromatic carbocycles. The summed E-state index contributed by atoms with van der Waals surface area (Å²) in [5, 5.41) is 11.9. The average Bonchev–Trinajstić information content (AvgIpc) is 2.19. The molecule has 82 valence electrons. The lowest BCUT2D eigenvalue weighted by Crippen LogP contribution is -2.44. The Morgan fingerprint density at radius 3 is 2.71 bits per heavy atom. The second-order valence-electron chi connectivity index (χ2n) is 3.65. The van der Waals surface area contributed by atoms with Gasteiger partial charge in [-0.15, -0.1) is 0 Å². The summed E-state index contributed by atoms with van der Waals surface area (Å²) in [5.41, 5.74) is 0. The summed E-state index contributed by atoms with van der Waals surface area (Å²) < 4.78 is 0. The summed E-state index contributed by atoms with van der Waals surface area (Å²) in [6.45, 7) is 5.88. The van der Waals surface area contributed by atoms with Crippen molar-refractivity contribution in [1.82, 2.24) is 15.1 Å². The Balaban J connectivity index is 2.05. The van der Waals surface area contributed by atoms with Crippen LogP contribution in [0.25, 0.3) is 0 Å². The van der Waals surface area contributed by atoms with E-state index in [-0.39, 0.29) is 0 Å². The number of hydrogen-bond acceptors (Lipinski definition) is 3. The van der Waals surface area contributed by atoms with E-state index in [0.29, 0.717) is 6.54 Å². The number of amides is 1. The predicted octanol–water partition coefficient (Wildman–Crippen LogP) is -0.108. The number of nitrogens with one attached hydrogen (secondary N) is 1. The van der Waals surface area contributed by atoms with E-state index in [9.17, 15) is 4.79 Å². The summed E-state index contributed by atoms with van der Waals surface area (Å²) >= 11 is 0. The lowest BCUT2D eigenvalue weighted by atomic mass is 10.3. The number of hydrogen-bond donors (Lipinski definition) is 2. The molecular weight excluding hydrogens is 182 g/mol. The van der Waals surface area contributed by atoms with Crippen LogP contribution in [0.5, 0.6) is 0 Å². The van der Waals surface area contributed by atoms with E-state index in [1.807, 2.05) is 0 Å². The van der Waals surface area contributed by atoms with Crippen LogP contribution >= 0.6 is 0 Å². The third-order valence-electron chi connectivity index (χ3n) is 2.50. The van der Waals surface area contributed by atoms with Gasteiger partial charge in [-0.05, 0) is 13.0 Å². The zero-order valence-electron chi connectivity index (χ0n) is 8.70. The Kier molecular flexibility index (Phi) is 4.69. The van der Waals surface area contributed by atoms with Crippen LogP contribution in [0.4, 0.5) is 4.79 Å². The first-order valence-corrected chi connectivity index (χ1v) is 5.07. The third-order valence-corrected chi connectivity index (χ3v) is 2.50. The molecule has 1 saturated heterocycles. The van der Waals surface area contributed by atoms with Gasteiger partial charge in [0.25, 0.3) is 0 Å². The molecule has 14 heavy (non-hydrogen) atoms. The Labute approximate surface area is 84.7 Å². The molecule has 1 amide bonds. The summed E-state index contributed by atoms with van der Waals surface area (Å²) in [6.07, 6.45) is 0.0771. The highest BCUT2D eigenvalue weighted by Crippen LogP contribution is 1.96. The van der Waals surface area contributed by atoms with E-state index < -0.39 is 6.09 Å². The van der Waals surface area contributed by atoms with E-state index >= 15 is 0 Å². The first-order valence-electron chi connectivity index (χ1n) is 5.07. The Morgan fingerprint density at radius 1 is 1.50 bits per heavy atom. The molecule has 0 atom stereocenters. The molecule has 1 fully saturated rings. The van der Waals surface area contributed by atoms with Gasteiger partial charge in [-0.3, -0.25) is 0 Å². The van der Waals surface area contributed by atoms with Gasteiger partial charge in [0.2, 0.25) is 0 Å². The molecule has 2 N–H and O–H groups in total. The molecule has 5 nitrogen and oxygen atoms in total. The number of carbonyl (C=O) groups is 1. The molecule has 0 bridgehead atoms.